The minimum atomic E-state index is -5.10. The maximum Gasteiger partial charge on any atom is 0.416 e. The molecule has 108 valence electrons. The monoisotopic (exact) mass is 291 g/mol. The van der Waals surface area contributed by atoms with E-state index in [1.165, 1.54) is 0 Å². The molecule has 3 N–H and O–H groups in total. The quantitative estimate of drug-likeness (QED) is 0.823. The van der Waals surface area contributed by atoms with E-state index in [0.29, 0.717) is 12.1 Å². The summed E-state index contributed by atoms with van der Waals surface area (Å²) in [7, 11) is 0. The van der Waals surface area contributed by atoms with Crippen LogP contribution in [0.1, 0.15) is 17.2 Å². The average molecular weight is 291 g/mol. The number of hydrogen-bond donors (Lipinski definition) is 2. The number of aliphatic hydroxyl groups is 1. The zero-order chi connectivity index (χ0) is 15.0. The zero-order valence-electron chi connectivity index (χ0n) is 9.06. The van der Waals surface area contributed by atoms with Gasteiger partial charge in [0.05, 0.1) is 11.6 Å². The highest BCUT2D eigenvalue weighted by Gasteiger charge is 2.43. The van der Waals surface area contributed by atoms with E-state index in [-0.39, 0.29) is 6.07 Å². The van der Waals surface area contributed by atoms with Crippen LogP contribution in [0.25, 0.3) is 0 Å². The third-order valence-electron chi connectivity index (χ3n) is 2.36. The van der Waals surface area contributed by atoms with Crippen molar-refractivity contribution in [1.29, 1.82) is 0 Å². The van der Waals surface area contributed by atoms with Gasteiger partial charge in [-0.15, -0.1) is 0 Å². The fraction of sp³-hybridized carbons (Fsp3) is 0.400. The van der Waals surface area contributed by atoms with Gasteiger partial charge in [0.25, 0.3) is 0 Å². The van der Waals surface area contributed by atoms with Gasteiger partial charge >= 0.3 is 12.4 Å². The van der Waals surface area contributed by atoms with E-state index in [0.717, 1.165) is 0 Å². The minimum absolute atomic E-state index is 0.0261. The Hall–Kier alpha value is -1.35. The van der Waals surface area contributed by atoms with E-state index >= 15 is 0 Å². The fourth-order valence-electron chi connectivity index (χ4n) is 1.35. The average Bonchev–Trinajstić information content (AvgIpc) is 2.24. The summed E-state index contributed by atoms with van der Waals surface area (Å²) in [6.45, 7) is 0. The molecule has 0 spiro atoms. The standard InChI is InChI=1S/C10H8F7NO/c11-6-3-4(9(12,13)14)1-2-5(6)7(18)8(19)10(15,16)17/h1-3,7-8,19H,18H2/t7-,8-/m0/s1. The number of rotatable bonds is 2. The third kappa shape index (κ3) is 3.57. The lowest BCUT2D eigenvalue weighted by atomic mass is 9.99. The maximum absolute atomic E-state index is 13.3. The molecule has 0 aromatic heterocycles. The number of alkyl halides is 6. The molecule has 0 fully saturated rings. The number of nitrogens with two attached hydrogens (primary N) is 1. The van der Waals surface area contributed by atoms with Gasteiger partial charge in [-0.1, -0.05) is 6.07 Å². The summed E-state index contributed by atoms with van der Waals surface area (Å²) in [5.74, 6) is -1.56. The normalized spacial score (nSPS) is 16.3. The van der Waals surface area contributed by atoms with Crippen LogP contribution in [0, 0.1) is 5.82 Å². The molecule has 19 heavy (non-hydrogen) atoms. The molecule has 0 amide bonds. The molecule has 1 rings (SSSR count). The summed E-state index contributed by atoms with van der Waals surface area (Å²) in [6.07, 6.45) is -13.0. The Balaban J connectivity index is 3.10. The molecule has 1 aromatic carbocycles. The van der Waals surface area contributed by atoms with Crippen LogP contribution in [0.3, 0.4) is 0 Å². The van der Waals surface area contributed by atoms with Crippen LogP contribution >= 0.6 is 0 Å². The fourth-order valence-corrected chi connectivity index (χ4v) is 1.35. The second kappa shape index (κ2) is 4.97. The van der Waals surface area contributed by atoms with E-state index in [9.17, 15) is 30.7 Å². The highest BCUT2D eigenvalue weighted by Crippen LogP contribution is 2.33. The smallest absolute Gasteiger partial charge is 0.382 e. The van der Waals surface area contributed by atoms with Gasteiger partial charge in [0.15, 0.2) is 6.10 Å². The molecule has 0 heterocycles. The molecular formula is C10H8F7NO. The predicted molar refractivity (Wildman–Crippen MR) is 50.4 cm³/mol. The van der Waals surface area contributed by atoms with Crippen LogP contribution in [-0.2, 0) is 6.18 Å². The molecule has 0 unspecified atom stereocenters. The molecule has 1 aromatic rings. The topological polar surface area (TPSA) is 46.2 Å². The van der Waals surface area contributed by atoms with Gasteiger partial charge in [-0.05, 0) is 12.1 Å². The van der Waals surface area contributed by atoms with E-state index < -0.39 is 41.4 Å². The van der Waals surface area contributed by atoms with E-state index in [4.69, 9.17) is 10.8 Å². The lowest BCUT2D eigenvalue weighted by Gasteiger charge is -2.22. The van der Waals surface area contributed by atoms with Crippen molar-refractivity contribution in [1.82, 2.24) is 0 Å². The molecule has 0 aliphatic heterocycles. The van der Waals surface area contributed by atoms with Crippen molar-refractivity contribution in [3.8, 4) is 0 Å². The largest absolute Gasteiger partial charge is 0.416 e. The summed E-state index contributed by atoms with van der Waals surface area (Å²) in [4.78, 5) is 0. The van der Waals surface area contributed by atoms with Gasteiger partial charge in [-0.3, -0.25) is 0 Å². The Labute approximate surface area is 102 Å². The molecular weight excluding hydrogens is 283 g/mol. The van der Waals surface area contributed by atoms with Crippen LogP contribution in [0.5, 0.6) is 0 Å². The number of benzene rings is 1. The summed E-state index contributed by atoms with van der Waals surface area (Å²) < 4.78 is 86.4. The zero-order valence-corrected chi connectivity index (χ0v) is 9.06. The highest BCUT2D eigenvalue weighted by molar-refractivity contribution is 5.29. The molecule has 0 bridgehead atoms. The molecule has 0 radical (unpaired) electrons. The van der Waals surface area contributed by atoms with E-state index in [1.54, 1.807) is 0 Å². The lowest BCUT2D eigenvalue weighted by molar-refractivity contribution is -0.210. The lowest BCUT2D eigenvalue weighted by Crippen LogP contribution is -2.39. The van der Waals surface area contributed by atoms with Crippen LogP contribution in [0.4, 0.5) is 30.7 Å². The molecule has 0 aliphatic rings. The Kier molecular flexibility index (Phi) is 4.11. The minimum Gasteiger partial charge on any atom is -0.382 e. The van der Waals surface area contributed by atoms with Crippen molar-refractivity contribution < 1.29 is 35.8 Å². The van der Waals surface area contributed by atoms with Gasteiger partial charge in [0.2, 0.25) is 0 Å². The van der Waals surface area contributed by atoms with Crippen molar-refractivity contribution in [2.24, 2.45) is 5.73 Å². The molecule has 0 saturated carbocycles. The van der Waals surface area contributed by atoms with Gasteiger partial charge in [0, 0.05) is 5.56 Å². The van der Waals surface area contributed by atoms with Crippen LogP contribution in [0.2, 0.25) is 0 Å². The van der Waals surface area contributed by atoms with E-state index in [1.807, 2.05) is 0 Å². The number of hydrogen-bond acceptors (Lipinski definition) is 2. The van der Waals surface area contributed by atoms with Crippen molar-refractivity contribution in [2.45, 2.75) is 24.5 Å². The summed E-state index contributed by atoms with van der Waals surface area (Å²) >= 11 is 0. The van der Waals surface area contributed by atoms with Gasteiger partial charge < -0.3 is 10.8 Å². The van der Waals surface area contributed by atoms with Crippen LogP contribution in [0.15, 0.2) is 18.2 Å². The Bertz CT molecular complexity index is 454. The Morgan fingerprint density at radius 3 is 1.95 bits per heavy atom. The predicted octanol–water partition coefficient (Wildman–Crippen LogP) is 2.77. The SMILES string of the molecule is N[C@@H](c1ccc(C(F)(F)F)cc1F)[C@H](O)C(F)(F)F. The molecule has 2 atom stereocenters. The second-order valence-corrected chi connectivity index (χ2v) is 3.75. The number of aliphatic hydroxyl groups excluding tert-OH is 1. The molecule has 0 aliphatic carbocycles. The van der Waals surface area contributed by atoms with Gasteiger partial charge in [-0.2, -0.15) is 26.3 Å². The molecule has 2 nitrogen and oxygen atoms in total. The Morgan fingerprint density at radius 2 is 1.58 bits per heavy atom. The van der Waals surface area contributed by atoms with Crippen molar-refractivity contribution in [2.75, 3.05) is 0 Å². The van der Waals surface area contributed by atoms with Crippen LogP contribution < -0.4 is 5.73 Å². The third-order valence-corrected chi connectivity index (χ3v) is 2.36. The van der Waals surface area contributed by atoms with Crippen molar-refractivity contribution >= 4 is 0 Å². The molecule has 9 heteroatoms. The van der Waals surface area contributed by atoms with Gasteiger partial charge in [0.1, 0.15) is 5.82 Å². The molecule has 0 saturated heterocycles. The maximum atomic E-state index is 13.3. The van der Waals surface area contributed by atoms with E-state index in [2.05, 4.69) is 0 Å². The van der Waals surface area contributed by atoms with Crippen molar-refractivity contribution in [3.63, 3.8) is 0 Å². The van der Waals surface area contributed by atoms with Crippen molar-refractivity contribution in [3.05, 3.63) is 35.1 Å². The summed E-state index contributed by atoms with van der Waals surface area (Å²) in [5, 5.41) is 8.82. The first-order valence-electron chi connectivity index (χ1n) is 4.81. The highest BCUT2D eigenvalue weighted by atomic mass is 19.4. The van der Waals surface area contributed by atoms with Gasteiger partial charge in [-0.25, -0.2) is 4.39 Å². The first-order chi connectivity index (χ1) is 8.44. The number of halogens is 7. The first-order valence-corrected chi connectivity index (χ1v) is 4.81. The Morgan fingerprint density at radius 1 is 1.05 bits per heavy atom. The summed E-state index contributed by atoms with van der Waals surface area (Å²) in [5.41, 5.74) is 2.79. The first kappa shape index (κ1) is 15.7. The second-order valence-electron chi connectivity index (χ2n) is 3.75. The van der Waals surface area contributed by atoms with Crippen LogP contribution in [-0.4, -0.2) is 17.4 Å². The summed E-state index contributed by atoms with van der Waals surface area (Å²) in [6, 6.07) is -1.32.